The molecule has 5 rings (SSSR count). The van der Waals surface area contributed by atoms with E-state index in [2.05, 4.69) is 48.2 Å². The van der Waals surface area contributed by atoms with Crippen molar-refractivity contribution in [1.82, 2.24) is 9.88 Å². The van der Waals surface area contributed by atoms with E-state index in [9.17, 15) is 14.3 Å². The summed E-state index contributed by atoms with van der Waals surface area (Å²) < 4.78 is 12.4. The predicted octanol–water partition coefficient (Wildman–Crippen LogP) is 6.95. The van der Waals surface area contributed by atoms with Gasteiger partial charge in [-0.2, -0.15) is 0 Å². The minimum atomic E-state index is -0.889. The summed E-state index contributed by atoms with van der Waals surface area (Å²) in [6, 6.07) is 18.7. The zero-order valence-electron chi connectivity index (χ0n) is 22.2. The third-order valence-electron chi connectivity index (χ3n) is 7.75. The van der Waals surface area contributed by atoms with Gasteiger partial charge in [0, 0.05) is 31.0 Å². The summed E-state index contributed by atoms with van der Waals surface area (Å²) in [7, 11) is 0. The van der Waals surface area contributed by atoms with Crippen molar-refractivity contribution < 1.29 is 14.3 Å². The first-order valence-corrected chi connectivity index (χ1v) is 13.3. The van der Waals surface area contributed by atoms with Crippen molar-refractivity contribution in [3.63, 3.8) is 0 Å². The Balaban J connectivity index is 0.00000336. The average molecular weight is 535 g/mol. The molecule has 2 aliphatic rings. The summed E-state index contributed by atoms with van der Waals surface area (Å²) in [5, 5.41) is 9.58. The number of rotatable bonds is 8. The Kier molecular flexibility index (Phi) is 9.01. The lowest BCUT2D eigenvalue weighted by atomic mass is 9.85. The number of benzene rings is 2. The molecule has 38 heavy (non-hydrogen) atoms. The highest BCUT2D eigenvalue weighted by Gasteiger charge is 2.26. The molecule has 0 amide bonds. The van der Waals surface area contributed by atoms with Gasteiger partial charge < -0.3 is 10.0 Å². The highest BCUT2D eigenvalue weighted by molar-refractivity contribution is 6.01. The number of aryl methyl sites for hydroxylation is 3. The van der Waals surface area contributed by atoms with Crippen LogP contribution < -0.4 is 0 Å². The summed E-state index contributed by atoms with van der Waals surface area (Å²) >= 11 is 0. The molecule has 1 aliphatic heterocycles. The number of hydrogen-bond donors (Lipinski definition) is 1. The summed E-state index contributed by atoms with van der Waals surface area (Å²) in [6.45, 7) is 6.82. The van der Waals surface area contributed by atoms with E-state index in [1.165, 1.54) is 22.3 Å². The van der Waals surface area contributed by atoms with Crippen LogP contribution in [0.5, 0.6) is 0 Å². The van der Waals surface area contributed by atoms with Crippen molar-refractivity contribution in [2.75, 3.05) is 26.3 Å². The average Bonchev–Trinajstić information content (AvgIpc) is 3.04. The van der Waals surface area contributed by atoms with Gasteiger partial charge in [0.15, 0.2) is 0 Å². The van der Waals surface area contributed by atoms with Crippen LogP contribution in [0, 0.1) is 19.8 Å². The molecule has 2 heterocycles. The zero-order chi connectivity index (χ0) is 25.9. The molecule has 0 spiro atoms. The van der Waals surface area contributed by atoms with Crippen molar-refractivity contribution >= 4 is 29.5 Å². The van der Waals surface area contributed by atoms with E-state index >= 15 is 0 Å². The molecule has 1 aliphatic carbocycles. The SMILES string of the molecule is Cc1ccc(C2=C(c3ccc(CC4CN(CCCF)C4)cc3)c3ccc(C(=O)O)cc3CCC2)c(C)n1.Cl. The van der Waals surface area contributed by atoms with Crippen LogP contribution in [0.15, 0.2) is 54.6 Å². The Hall–Kier alpha value is -3.02. The van der Waals surface area contributed by atoms with Crippen LogP contribution in [0.2, 0.25) is 0 Å². The van der Waals surface area contributed by atoms with E-state index in [1.807, 2.05) is 19.1 Å². The first-order chi connectivity index (χ1) is 17.9. The Morgan fingerprint density at radius 2 is 1.76 bits per heavy atom. The van der Waals surface area contributed by atoms with E-state index in [0.29, 0.717) is 17.9 Å². The minimum absolute atomic E-state index is 0. The molecule has 4 nitrogen and oxygen atoms in total. The summed E-state index contributed by atoms with van der Waals surface area (Å²) in [5.74, 6) is -0.255. The second kappa shape index (κ2) is 12.2. The highest BCUT2D eigenvalue weighted by atomic mass is 35.5. The monoisotopic (exact) mass is 534 g/mol. The topological polar surface area (TPSA) is 53.4 Å². The van der Waals surface area contributed by atoms with E-state index < -0.39 is 5.97 Å². The van der Waals surface area contributed by atoms with Gasteiger partial charge in [-0.1, -0.05) is 36.4 Å². The molecule has 1 fully saturated rings. The predicted molar refractivity (Wildman–Crippen MR) is 154 cm³/mol. The van der Waals surface area contributed by atoms with Gasteiger partial charge in [0.2, 0.25) is 0 Å². The lowest BCUT2D eigenvalue weighted by Crippen LogP contribution is -2.47. The largest absolute Gasteiger partial charge is 0.478 e. The van der Waals surface area contributed by atoms with Crippen LogP contribution in [0.4, 0.5) is 4.39 Å². The van der Waals surface area contributed by atoms with Crippen molar-refractivity contribution in [2.45, 2.75) is 46.0 Å². The number of carbonyl (C=O) groups is 1. The first-order valence-electron chi connectivity index (χ1n) is 13.3. The lowest BCUT2D eigenvalue weighted by molar-refractivity contribution is 0.0696. The molecular formula is C32H36ClFN2O2. The smallest absolute Gasteiger partial charge is 0.335 e. The molecule has 3 aromatic rings. The molecule has 0 bridgehead atoms. The molecule has 1 aromatic heterocycles. The van der Waals surface area contributed by atoms with Crippen molar-refractivity contribution in [3.8, 4) is 0 Å². The molecule has 0 radical (unpaired) electrons. The Bertz CT molecular complexity index is 1330. The number of nitrogens with zero attached hydrogens (tertiary/aromatic N) is 2. The van der Waals surface area contributed by atoms with Gasteiger partial charge >= 0.3 is 5.97 Å². The molecule has 0 unspecified atom stereocenters. The van der Waals surface area contributed by atoms with Gasteiger partial charge in [-0.3, -0.25) is 9.37 Å². The van der Waals surface area contributed by atoms with Crippen LogP contribution >= 0.6 is 12.4 Å². The van der Waals surface area contributed by atoms with Crippen LogP contribution in [0.3, 0.4) is 0 Å². The zero-order valence-corrected chi connectivity index (χ0v) is 23.0. The highest BCUT2D eigenvalue weighted by Crippen LogP contribution is 2.41. The van der Waals surface area contributed by atoms with Gasteiger partial charge in [-0.25, -0.2) is 4.79 Å². The van der Waals surface area contributed by atoms with Gasteiger partial charge in [0.1, 0.15) is 0 Å². The normalized spacial score (nSPS) is 15.9. The summed E-state index contributed by atoms with van der Waals surface area (Å²) in [4.78, 5) is 18.8. The van der Waals surface area contributed by atoms with Crippen molar-refractivity contribution in [3.05, 3.63) is 99.4 Å². The fourth-order valence-electron chi connectivity index (χ4n) is 5.94. The molecule has 0 saturated carbocycles. The van der Waals surface area contributed by atoms with Gasteiger partial charge in [-0.05, 0) is 109 Å². The van der Waals surface area contributed by atoms with Crippen molar-refractivity contribution in [2.24, 2.45) is 5.92 Å². The fourth-order valence-corrected chi connectivity index (χ4v) is 5.94. The minimum Gasteiger partial charge on any atom is -0.478 e. The van der Waals surface area contributed by atoms with E-state index in [0.717, 1.165) is 73.4 Å². The maximum Gasteiger partial charge on any atom is 0.335 e. The lowest BCUT2D eigenvalue weighted by Gasteiger charge is -2.39. The number of aromatic carboxylic acids is 1. The molecule has 1 saturated heterocycles. The number of carboxylic acid groups (broad SMARTS) is 1. The van der Waals surface area contributed by atoms with Gasteiger partial charge in [0.05, 0.1) is 12.2 Å². The van der Waals surface area contributed by atoms with Crippen LogP contribution in [0.1, 0.15) is 68.8 Å². The molecule has 6 heteroatoms. The Labute approximate surface area is 231 Å². The third kappa shape index (κ3) is 6.00. The maximum atomic E-state index is 12.4. The Morgan fingerprint density at radius 3 is 2.45 bits per heavy atom. The second-order valence-corrected chi connectivity index (χ2v) is 10.5. The van der Waals surface area contributed by atoms with Crippen LogP contribution in [-0.2, 0) is 12.8 Å². The van der Waals surface area contributed by atoms with E-state index in [4.69, 9.17) is 4.98 Å². The number of hydrogen-bond acceptors (Lipinski definition) is 3. The summed E-state index contributed by atoms with van der Waals surface area (Å²) in [5.41, 5.74) is 10.7. The number of likely N-dealkylation sites (tertiary alicyclic amines) is 1. The molecule has 2 aromatic carbocycles. The van der Waals surface area contributed by atoms with Gasteiger partial charge in [0.25, 0.3) is 0 Å². The number of aromatic nitrogens is 1. The summed E-state index contributed by atoms with van der Waals surface area (Å²) in [6.07, 6.45) is 4.39. The number of pyridine rings is 1. The molecule has 0 atom stereocenters. The van der Waals surface area contributed by atoms with Gasteiger partial charge in [-0.15, -0.1) is 12.4 Å². The third-order valence-corrected chi connectivity index (χ3v) is 7.75. The quantitative estimate of drug-likeness (QED) is 0.340. The fraction of sp³-hybridized carbons (Fsp3) is 0.375. The van der Waals surface area contributed by atoms with Crippen LogP contribution in [-0.4, -0.2) is 47.3 Å². The standard InChI is InChI=1S/C32H35FN2O2.ClH/c1-21-7-13-28(22(2)34-21)30-6-3-5-26-18-27(32(36)37)12-14-29(26)31(30)25-10-8-23(9-11-25)17-24-19-35(20-24)16-4-15-33;/h7-14,18,24H,3-6,15-17,19-20H2,1-2H3,(H,36,37);1H. The first kappa shape index (κ1) is 28.0. The van der Waals surface area contributed by atoms with Crippen molar-refractivity contribution in [1.29, 1.82) is 0 Å². The number of alkyl halides is 1. The molecular weight excluding hydrogens is 499 g/mol. The van der Waals surface area contributed by atoms with Crippen LogP contribution in [0.25, 0.3) is 11.1 Å². The maximum absolute atomic E-state index is 12.4. The number of halogens is 2. The van der Waals surface area contributed by atoms with E-state index in [-0.39, 0.29) is 19.1 Å². The second-order valence-electron chi connectivity index (χ2n) is 10.5. The molecule has 200 valence electrons. The number of fused-ring (bicyclic) bond motifs is 1. The Morgan fingerprint density at radius 1 is 1.03 bits per heavy atom. The number of carboxylic acids is 1. The van der Waals surface area contributed by atoms with E-state index in [1.54, 1.807) is 6.07 Å². The molecule has 1 N–H and O–H groups in total. The number of allylic oxidation sites excluding steroid dienone is 1.